The number of aromatic nitrogens is 2. The van der Waals surface area contributed by atoms with Gasteiger partial charge < -0.3 is 13.3 Å². The molecule has 0 aliphatic heterocycles. The van der Waals surface area contributed by atoms with Crippen molar-refractivity contribution < 1.29 is 13.3 Å². The second-order valence-corrected chi connectivity index (χ2v) is 12.9. The zero-order valence-electron chi connectivity index (χ0n) is 27.1. The van der Waals surface area contributed by atoms with E-state index in [-0.39, 0.29) is 0 Å². The van der Waals surface area contributed by atoms with Crippen LogP contribution >= 0.6 is 0 Å². The Bertz CT molecular complexity index is 3160. The van der Waals surface area contributed by atoms with E-state index in [1.54, 1.807) is 0 Å². The molecule has 0 aliphatic rings. The number of nitrogens with zero attached hydrogens (tertiary/aromatic N) is 2. The molecule has 4 aromatic heterocycles. The Labute approximate surface area is 291 Å². The van der Waals surface area contributed by atoms with Gasteiger partial charge in [0, 0.05) is 49.2 Å². The number of rotatable bonds is 4. The second-order valence-electron chi connectivity index (χ2n) is 12.9. The van der Waals surface area contributed by atoms with Crippen molar-refractivity contribution in [3.05, 3.63) is 158 Å². The molecule has 0 fully saturated rings. The number of para-hydroxylation sites is 5. The van der Waals surface area contributed by atoms with Crippen molar-refractivity contribution in [2.24, 2.45) is 0 Å². The quantitative estimate of drug-likeness (QED) is 0.189. The van der Waals surface area contributed by atoms with Crippen molar-refractivity contribution in [3.8, 4) is 44.9 Å². The van der Waals surface area contributed by atoms with Gasteiger partial charge in [-0.05, 0) is 41.5 Å². The van der Waals surface area contributed by atoms with Crippen molar-refractivity contribution in [3.63, 3.8) is 0 Å². The lowest BCUT2D eigenvalue weighted by Gasteiger charge is -2.10. The number of hydrogen-bond donors (Lipinski definition) is 0. The maximum Gasteiger partial charge on any atom is 0.231 e. The van der Waals surface area contributed by atoms with Crippen LogP contribution in [0.2, 0.25) is 0 Å². The predicted octanol–water partition coefficient (Wildman–Crippen LogP) is 12.8. The Kier molecular flexibility index (Phi) is 5.89. The molecular weight excluding hydrogens is 629 g/mol. The largest absolute Gasteiger partial charge is 0.455 e. The summed E-state index contributed by atoms with van der Waals surface area (Å²) in [6.45, 7) is 0. The Morgan fingerprint density at radius 2 is 0.824 bits per heavy atom. The van der Waals surface area contributed by atoms with Gasteiger partial charge in [0.15, 0.2) is 5.82 Å². The number of fused-ring (bicyclic) bond motifs is 9. The zero-order chi connectivity index (χ0) is 33.5. The molecule has 0 saturated heterocycles. The highest BCUT2D eigenvalue weighted by molar-refractivity contribution is 6.13. The summed E-state index contributed by atoms with van der Waals surface area (Å²) in [6, 6.07) is 53.9. The summed E-state index contributed by atoms with van der Waals surface area (Å²) in [7, 11) is 0. The van der Waals surface area contributed by atoms with Crippen LogP contribution in [-0.2, 0) is 0 Å². The van der Waals surface area contributed by atoms with E-state index in [0.29, 0.717) is 11.5 Å². The van der Waals surface area contributed by atoms with E-state index in [0.717, 1.165) is 99.3 Å². The van der Waals surface area contributed by atoms with Gasteiger partial charge in [0.1, 0.15) is 27.9 Å². The maximum absolute atomic E-state index is 6.42. The van der Waals surface area contributed by atoms with Gasteiger partial charge in [0.05, 0.1) is 11.1 Å². The zero-order valence-corrected chi connectivity index (χ0v) is 27.1. The maximum atomic E-state index is 6.42. The first-order chi connectivity index (χ1) is 25.3. The molecule has 5 nitrogen and oxygen atoms in total. The van der Waals surface area contributed by atoms with E-state index in [4.69, 9.17) is 23.2 Å². The molecule has 4 heterocycles. The molecule has 7 aromatic carbocycles. The average Bonchev–Trinajstić information content (AvgIpc) is 3.89. The van der Waals surface area contributed by atoms with E-state index in [1.807, 2.05) is 60.7 Å². The molecule has 0 unspecified atom stereocenters. The molecule has 238 valence electrons. The first-order valence-electron chi connectivity index (χ1n) is 17.0. The molecule has 0 N–H and O–H groups in total. The lowest BCUT2D eigenvalue weighted by molar-refractivity contribution is 0.653. The van der Waals surface area contributed by atoms with Crippen LogP contribution in [0.5, 0.6) is 0 Å². The first kappa shape index (κ1) is 27.9. The third-order valence-electron chi connectivity index (χ3n) is 9.93. The van der Waals surface area contributed by atoms with Gasteiger partial charge in [0.25, 0.3) is 0 Å². The van der Waals surface area contributed by atoms with E-state index >= 15 is 0 Å². The second kappa shape index (κ2) is 10.8. The van der Waals surface area contributed by atoms with E-state index in [1.165, 1.54) is 0 Å². The van der Waals surface area contributed by atoms with Crippen molar-refractivity contribution in [2.45, 2.75) is 0 Å². The van der Waals surface area contributed by atoms with Crippen LogP contribution < -0.4 is 0 Å². The molecule has 11 aromatic rings. The van der Waals surface area contributed by atoms with Crippen molar-refractivity contribution >= 4 is 65.9 Å². The molecular formula is C46H26N2O3. The van der Waals surface area contributed by atoms with Crippen LogP contribution in [-0.4, -0.2) is 9.97 Å². The molecule has 0 amide bonds. The number of furan rings is 3. The van der Waals surface area contributed by atoms with E-state index < -0.39 is 0 Å². The van der Waals surface area contributed by atoms with Crippen LogP contribution in [0.4, 0.5) is 0 Å². The Balaban J connectivity index is 1.10. The molecule has 0 spiro atoms. The predicted molar refractivity (Wildman–Crippen MR) is 206 cm³/mol. The van der Waals surface area contributed by atoms with Gasteiger partial charge in [-0.3, -0.25) is 0 Å². The summed E-state index contributed by atoms with van der Waals surface area (Å²) in [5.41, 5.74) is 11.6. The lowest BCUT2D eigenvalue weighted by atomic mass is 9.98. The highest BCUT2D eigenvalue weighted by Crippen LogP contribution is 2.41. The molecule has 5 heteroatoms. The fraction of sp³-hybridized carbons (Fsp3) is 0. The minimum Gasteiger partial charge on any atom is -0.455 e. The monoisotopic (exact) mass is 654 g/mol. The van der Waals surface area contributed by atoms with Gasteiger partial charge in [-0.15, -0.1) is 0 Å². The molecule has 51 heavy (non-hydrogen) atoms. The summed E-state index contributed by atoms with van der Waals surface area (Å²) in [5, 5.41) is 6.26. The summed E-state index contributed by atoms with van der Waals surface area (Å²) >= 11 is 0. The molecule has 0 radical (unpaired) electrons. The summed E-state index contributed by atoms with van der Waals surface area (Å²) in [6.07, 6.45) is 0. The van der Waals surface area contributed by atoms with Gasteiger partial charge in [-0.2, -0.15) is 4.98 Å². The van der Waals surface area contributed by atoms with E-state index in [9.17, 15) is 0 Å². The Morgan fingerprint density at radius 3 is 1.45 bits per heavy atom. The van der Waals surface area contributed by atoms with Crippen LogP contribution in [0.25, 0.3) is 111 Å². The van der Waals surface area contributed by atoms with Gasteiger partial charge in [-0.25, -0.2) is 4.98 Å². The topological polar surface area (TPSA) is 65.2 Å². The Morgan fingerprint density at radius 1 is 0.353 bits per heavy atom. The first-order valence-corrected chi connectivity index (χ1v) is 17.0. The average molecular weight is 655 g/mol. The third kappa shape index (κ3) is 4.28. The van der Waals surface area contributed by atoms with Crippen LogP contribution in [0.15, 0.2) is 171 Å². The van der Waals surface area contributed by atoms with Gasteiger partial charge >= 0.3 is 0 Å². The number of benzene rings is 7. The van der Waals surface area contributed by atoms with Gasteiger partial charge in [0.2, 0.25) is 5.71 Å². The van der Waals surface area contributed by atoms with E-state index in [2.05, 4.69) is 97.1 Å². The van der Waals surface area contributed by atoms with Gasteiger partial charge in [-0.1, -0.05) is 127 Å². The standard InChI is InChI=1S/C46H26N2O3/c1-4-22-38-33(15-1)35-20-9-18-31(43(35)49-38)27-11-7-13-29(25-27)42-41-37-17-3-6-24-40(37)51-46(41)48-45(47-42)30-14-8-12-28(26-30)32-19-10-21-36-34-16-2-5-23-39(34)50-44(32)36/h1-26H. The Hall–Kier alpha value is -6.98. The molecule has 0 atom stereocenters. The van der Waals surface area contributed by atoms with Crippen molar-refractivity contribution in [2.75, 3.05) is 0 Å². The smallest absolute Gasteiger partial charge is 0.231 e. The fourth-order valence-corrected chi connectivity index (χ4v) is 7.57. The molecule has 0 bridgehead atoms. The minimum absolute atomic E-state index is 0.547. The minimum atomic E-state index is 0.547. The van der Waals surface area contributed by atoms with Crippen molar-refractivity contribution in [1.29, 1.82) is 0 Å². The van der Waals surface area contributed by atoms with Crippen LogP contribution in [0.1, 0.15) is 0 Å². The highest BCUT2D eigenvalue weighted by Gasteiger charge is 2.20. The van der Waals surface area contributed by atoms with Crippen LogP contribution in [0, 0.1) is 0 Å². The molecule has 11 rings (SSSR count). The summed E-state index contributed by atoms with van der Waals surface area (Å²) in [4.78, 5) is 10.3. The normalized spacial score (nSPS) is 11.9. The SMILES string of the molecule is c1cc(-c2nc(-c3cccc(-c4cccc5c4oc4ccccc45)c3)c3c(n2)oc2ccccc23)cc(-c2cccc3c2oc2ccccc23)c1. The lowest BCUT2D eigenvalue weighted by Crippen LogP contribution is -1.94. The third-order valence-corrected chi connectivity index (χ3v) is 9.93. The fourth-order valence-electron chi connectivity index (χ4n) is 7.57. The number of hydrogen-bond acceptors (Lipinski definition) is 5. The summed E-state index contributed by atoms with van der Waals surface area (Å²) < 4.78 is 19.2. The van der Waals surface area contributed by atoms with Crippen molar-refractivity contribution in [1.82, 2.24) is 9.97 Å². The molecule has 0 aliphatic carbocycles. The highest BCUT2D eigenvalue weighted by atomic mass is 16.3. The molecule has 0 saturated carbocycles. The summed E-state index contributed by atoms with van der Waals surface area (Å²) in [5.74, 6) is 0.583. The van der Waals surface area contributed by atoms with Crippen LogP contribution in [0.3, 0.4) is 0 Å².